The first kappa shape index (κ1) is 18.9. The normalized spacial score (nSPS) is 23.9. The van der Waals surface area contributed by atoms with Crippen molar-refractivity contribution in [2.24, 2.45) is 0 Å². The van der Waals surface area contributed by atoms with E-state index in [0.717, 1.165) is 42.9 Å². The molecule has 0 spiro atoms. The molecule has 0 N–H and O–H groups in total. The quantitative estimate of drug-likeness (QED) is 0.769. The van der Waals surface area contributed by atoms with Crippen LogP contribution in [0.3, 0.4) is 0 Å². The Morgan fingerprint density at radius 3 is 2.08 bits per heavy atom. The van der Waals surface area contributed by atoms with Crippen LogP contribution >= 0.6 is 0 Å². The summed E-state index contributed by atoms with van der Waals surface area (Å²) in [6.07, 6.45) is 2.06. The Labute approximate surface area is 152 Å². The smallest absolute Gasteiger partial charge is 0.399 e. The fourth-order valence-corrected chi connectivity index (χ4v) is 3.28. The van der Waals surface area contributed by atoms with Crippen molar-refractivity contribution >= 4 is 12.6 Å². The average Bonchev–Trinajstić information content (AvgIpc) is 2.75. The number of pyridine rings is 1. The van der Waals surface area contributed by atoms with Crippen LogP contribution < -0.4 is 5.46 Å². The van der Waals surface area contributed by atoms with Crippen molar-refractivity contribution in [2.45, 2.75) is 83.8 Å². The molecular weight excluding hydrogens is 313 g/mol. The first-order valence-electron chi connectivity index (χ1n) is 9.45. The van der Waals surface area contributed by atoms with Crippen molar-refractivity contribution in [1.82, 2.24) is 4.98 Å². The minimum Gasteiger partial charge on any atom is -0.399 e. The van der Waals surface area contributed by atoms with Gasteiger partial charge in [0.15, 0.2) is 0 Å². The second-order valence-corrected chi connectivity index (χ2v) is 9.44. The maximum atomic E-state index is 6.29. The molecule has 0 aromatic carbocycles. The van der Waals surface area contributed by atoms with E-state index in [1.54, 1.807) is 0 Å². The van der Waals surface area contributed by atoms with Gasteiger partial charge in [0.1, 0.15) is 0 Å². The third kappa shape index (κ3) is 3.79. The molecule has 0 aliphatic carbocycles. The summed E-state index contributed by atoms with van der Waals surface area (Å²) in [6, 6.07) is 4.35. The van der Waals surface area contributed by atoms with Gasteiger partial charge < -0.3 is 14.0 Å². The second kappa shape index (κ2) is 6.36. The van der Waals surface area contributed by atoms with Gasteiger partial charge in [-0.2, -0.15) is 0 Å². The summed E-state index contributed by atoms with van der Waals surface area (Å²) in [5.41, 5.74) is 2.66. The topological polar surface area (TPSA) is 40.6 Å². The lowest BCUT2D eigenvalue weighted by atomic mass is 9.75. The molecular formula is C20H32BNO3. The summed E-state index contributed by atoms with van der Waals surface area (Å²) in [5, 5.41) is 0. The van der Waals surface area contributed by atoms with E-state index >= 15 is 0 Å². The lowest BCUT2D eigenvalue weighted by Gasteiger charge is -2.32. The number of ether oxygens (including phenoxy) is 1. The second-order valence-electron chi connectivity index (χ2n) is 9.44. The van der Waals surface area contributed by atoms with Gasteiger partial charge in [0.25, 0.3) is 0 Å². The molecule has 5 heteroatoms. The highest BCUT2D eigenvalue weighted by atomic mass is 16.7. The van der Waals surface area contributed by atoms with Gasteiger partial charge in [-0.05, 0) is 58.1 Å². The Morgan fingerprint density at radius 1 is 1.00 bits per heavy atom. The fraction of sp³-hybridized carbons (Fsp3) is 0.750. The Hall–Kier alpha value is -0.905. The van der Waals surface area contributed by atoms with Gasteiger partial charge in [0, 0.05) is 35.9 Å². The predicted octanol–water partition coefficient (Wildman–Crippen LogP) is 3.57. The molecule has 0 atom stereocenters. The number of hydrogen-bond acceptors (Lipinski definition) is 4. The van der Waals surface area contributed by atoms with Gasteiger partial charge >= 0.3 is 7.12 Å². The molecule has 0 saturated carbocycles. The van der Waals surface area contributed by atoms with Crippen LogP contribution in [-0.4, -0.2) is 36.5 Å². The largest absolute Gasteiger partial charge is 0.494 e. The minimum atomic E-state index is -0.340. The van der Waals surface area contributed by atoms with Crippen molar-refractivity contribution in [3.8, 4) is 0 Å². The van der Waals surface area contributed by atoms with E-state index in [4.69, 9.17) is 19.0 Å². The van der Waals surface area contributed by atoms with Crippen LogP contribution in [0, 0.1) is 0 Å². The maximum absolute atomic E-state index is 6.29. The van der Waals surface area contributed by atoms with Crippen LogP contribution in [0.5, 0.6) is 0 Å². The van der Waals surface area contributed by atoms with Gasteiger partial charge in [0.05, 0.1) is 11.2 Å². The number of aromatic nitrogens is 1. The molecule has 2 fully saturated rings. The molecule has 1 aromatic rings. The molecule has 0 unspecified atom stereocenters. The van der Waals surface area contributed by atoms with Crippen LogP contribution in [-0.2, 0) is 19.5 Å². The summed E-state index contributed by atoms with van der Waals surface area (Å²) in [5.74, 6) is 0.456. The summed E-state index contributed by atoms with van der Waals surface area (Å²) < 4.78 is 18.1. The SMILES string of the molecule is CC(C)(C)c1cc(B2OC(C)(C)C(C)(C)O2)cc(C2CCOCC2)n1. The number of hydrogen-bond donors (Lipinski definition) is 0. The predicted molar refractivity (Wildman–Crippen MR) is 101 cm³/mol. The molecule has 2 aliphatic heterocycles. The van der Waals surface area contributed by atoms with Crippen molar-refractivity contribution in [3.05, 3.63) is 23.5 Å². The van der Waals surface area contributed by atoms with E-state index < -0.39 is 0 Å². The zero-order valence-electron chi connectivity index (χ0n) is 16.8. The zero-order chi connectivity index (χ0) is 18.5. The molecule has 0 bridgehead atoms. The lowest BCUT2D eigenvalue weighted by molar-refractivity contribution is 0.00578. The van der Waals surface area contributed by atoms with Gasteiger partial charge in [-0.15, -0.1) is 0 Å². The van der Waals surface area contributed by atoms with E-state index in [1.165, 1.54) is 0 Å². The van der Waals surface area contributed by atoms with Gasteiger partial charge in [0.2, 0.25) is 0 Å². The Kier molecular flexibility index (Phi) is 4.80. The first-order chi connectivity index (χ1) is 11.5. The highest BCUT2D eigenvalue weighted by Crippen LogP contribution is 2.37. The number of rotatable bonds is 2. The Bertz CT molecular complexity index is 614. The van der Waals surface area contributed by atoms with E-state index in [2.05, 4.69) is 60.6 Å². The molecule has 4 nitrogen and oxygen atoms in total. The first-order valence-corrected chi connectivity index (χ1v) is 9.45. The van der Waals surface area contributed by atoms with Crippen LogP contribution in [0.25, 0.3) is 0 Å². The molecule has 0 amide bonds. The summed E-state index contributed by atoms with van der Waals surface area (Å²) >= 11 is 0. The standard InChI is InChI=1S/C20H32BNO3/c1-18(2,3)17-13-15(21-24-19(4,5)20(6,7)25-21)12-16(22-17)14-8-10-23-11-9-14/h12-14H,8-11H2,1-7H3. The highest BCUT2D eigenvalue weighted by molar-refractivity contribution is 6.62. The van der Waals surface area contributed by atoms with Crippen LogP contribution in [0.4, 0.5) is 0 Å². The van der Waals surface area contributed by atoms with E-state index in [-0.39, 0.29) is 23.7 Å². The highest BCUT2D eigenvalue weighted by Gasteiger charge is 2.52. The molecule has 2 aliphatic rings. The summed E-state index contributed by atoms with van der Waals surface area (Å²) in [7, 11) is -0.340. The number of nitrogens with zero attached hydrogens (tertiary/aromatic N) is 1. The van der Waals surface area contributed by atoms with E-state index in [1.807, 2.05) is 0 Å². The molecule has 3 rings (SSSR count). The van der Waals surface area contributed by atoms with Crippen LogP contribution in [0.1, 0.15) is 78.6 Å². The van der Waals surface area contributed by atoms with Gasteiger partial charge in [-0.1, -0.05) is 20.8 Å². The Balaban J connectivity index is 1.98. The fourth-order valence-electron chi connectivity index (χ4n) is 3.28. The van der Waals surface area contributed by atoms with Crippen LogP contribution in [0.15, 0.2) is 12.1 Å². The zero-order valence-corrected chi connectivity index (χ0v) is 16.8. The third-order valence-corrected chi connectivity index (χ3v) is 5.80. The Morgan fingerprint density at radius 2 is 1.56 bits per heavy atom. The van der Waals surface area contributed by atoms with Crippen molar-refractivity contribution in [1.29, 1.82) is 0 Å². The average molecular weight is 345 g/mol. The van der Waals surface area contributed by atoms with Gasteiger partial charge in [-0.3, -0.25) is 4.98 Å². The molecule has 3 heterocycles. The molecule has 25 heavy (non-hydrogen) atoms. The lowest BCUT2D eigenvalue weighted by Crippen LogP contribution is -2.41. The molecule has 0 radical (unpaired) electrons. The minimum absolute atomic E-state index is 0.0143. The molecule has 1 aromatic heterocycles. The van der Waals surface area contributed by atoms with Crippen molar-refractivity contribution in [2.75, 3.05) is 13.2 Å². The van der Waals surface area contributed by atoms with Gasteiger partial charge in [-0.25, -0.2) is 0 Å². The van der Waals surface area contributed by atoms with E-state index in [0.29, 0.717) is 5.92 Å². The third-order valence-electron chi connectivity index (χ3n) is 5.80. The van der Waals surface area contributed by atoms with Crippen LogP contribution in [0.2, 0.25) is 0 Å². The molecule has 138 valence electrons. The van der Waals surface area contributed by atoms with Crippen molar-refractivity contribution in [3.63, 3.8) is 0 Å². The van der Waals surface area contributed by atoms with E-state index in [9.17, 15) is 0 Å². The molecule has 2 saturated heterocycles. The summed E-state index contributed by atoms with van der Waals surface area (Å²) in [4.78, 5) is 5.01. The van der Waals surface area contributed by atoms with Crippen molar-refractivity contribution < 1.29 is 14.0 Å². The maximum Gasteiger partial charge on any atom is 0.494 e. The summed E-state index contributed by atoms with van der Waals surface area (Å²) in [6.45, 7) is 16.6. The monoisotopic (exact) mass is 345 g/mol.